The molecule has 1 aromatic rings. The number of allylic oxidation sites excluding steroid dienone is 1. The summed E-state index contributed by atoms with van der Waals surface area (Å²) in [5, 5.41) is 4.73. The van der Waals surface area contributed by atoms with Crippen LogP contribution in [-0.4, -0.2) is 84.2 Å². The van der Waals surface area contributed by atoms with Gasteiger partial charge in [-0.25, -0.2) is 22.4 Å². The Kier molecular flexibility index (Phi) is 10.2. The lowest BCUT2D eigenvalue weighted by Crippen LogP contribution is -2.58. The van der Waals surface area contributed by atoms with Gasteiger partial charge in [0.05, 0.1) is 17.4 Å². The molecule has 0 radical (unpaired) electrons. The molecule has 1 aromatic carbocycles. The average Bonchev–Trinajstić information content (AvgIpc) is 3.91. The van der Waals surface area contributed by atoms with E-state index in [1.165, 1.54) is 23.1 Å². The van der Waals surface area contributed by atoms with Crippen LogP contribution in [0.2, 0.25) is 0 Å². The van der Waals surface area contributed by atoms with E-state index in [0.29, 0.717) is 32.1 Å². The van der Waals surface area contributed by atoms with Crippen LogP contribution in [0.1, 0.15) is 88.9 Å². The van der Waals surface area contributed by atoms with Gasteiger partial charge >= 0.3 is 12.1 Å². The summed E-state index contributed by atoms with van der Waals surface area (Å²) in [5.41, 5.74) is -2.46. The van der Waals surface area contributed by atoms with E-state index in [1.807, 2.05) is 6.08 Å². The molecule has 5 rings (SSSR count). The monoisotopic (exact) mass is 690 g/mol. The summed E-state index contributed by atoms with van der Waals surface area (Å²) in [6, 6.07) is 2.58. The predicted octanol–water partition coefficient (Wildman–Crippen LogP) is 2.85. The van der Waals surface area contributed by atoms with Crippen molar-refractivity contribution < 1.29 is 46.3 Å². The fourth-order valence-corrected chi connectivity index (χ4v) is 7.50. The van der Waals surface area contributed by atoms with E-state index in [2.05, 4.69) is 15.4 Å². The highest BCUT2D eigenvalue weighted by molar-refractivity contribution is 7.91. The Morgan fingerprint density at radius 1 is 1.08 bits per heavy atom. The molecule has 1 saturated heterocycles. The third kappa shape index (κ3) is 8.52. The molecule has 0 bridgehead atoms. The summed E-state index contributed by atoms with van der Waals surface area (Å²) in [4.78, 5) is 68.6. The molecule has 2 heterocycles. The van der Waals surface area contributed by atoms with Gasteiger partial charge in [-0.05, 0) is 77.5 Å². The van der Waals surface area contributed by atoms with Gasteiger partial charge in [0, 0.05) is 12.3 Å². The highest BCUT2D eigenvalue weighted by atomic mass is 32.2. The molecule has 5 atom stereocenters. The van der Waals surface area contributed by atoms with Gasteiger partial charge in [-0.1, -0.05) is 31.1 Å². The van der Waals surface area contributed by atoms with E-state index in [1.54, 1.807) is 26.8 Å². The number of benzene rings is 1. The number of ether oxygens (including phenoxy) is 2. The largest absolute Gasteiger partial charge is 0.457 e. The maximum Gasteiger partial charge on any atom is 0.408 e. The number of alkyl carbamates (subject to hydrolysis) is 1. The van der Waals surface area contributed by atoms with Gasteiger partial charge in [0.25, 0.3) is 5.91 Å². The van der Waals surface area contributed by atoms with Gasteiger partial charge in [0.2, 0.25) is 21.8 Å². The molecular weight excluding hydrogens is 647 g/mol. The van der Waals surface area contributed by atoms with Crippen LogP contribution in [0.5, 0.6) is 0 Å². The Morgan fingerprint density at radius 3 is 2.52 bits per heavy atom. The molecule has 0 unspecified atom stereocenters. The molecule has 48 heavy (non-hydrogen) atoms. The fraction of sp³-hybridized carbons (Fsp3) is 0.606. The minimum Gasteiger partial charge on any atom is -0.457 e. The van der Waals surface area contributed by atoms with Crippen LogP contribution >= 0.6 is 0 Å². The standard InChI is InChI=1S/C33H43FN4O9S/c1-32(2,3)47-31(43)35-25-13-8-6-4-5-7-11-21-18-33(21,30(42)37-48(44,45)24-14-15-24)36-27(39)26-17-23(19-38(26)28(25)40)46-29(41)20-10-9-12-22(34)16-20/h7,9-12,16,21,23-26H,4-6,8,13-15,17-19H2,1-3H3,(H,35,43)(H,36,39)(H,37,42)/b11-7-/t21-,23-,25+,26+,33-/m1/s1. The third-order valence-corrected chi connectivity index (χ3v) is 10.7. The first-order valence-corrected chi connectivity index (χ1v) is 17.9. The Bertz CT molecular complexity index is 1590. The van der Waals surface area contributed by atoms with E-state index in [0.717, 1.165) is 12.5 Å². The second kappa shape index (κ2) is 13.8. The molecule has 2 saturated carbocycles. The Labute approximate surface area is 279 Å². The van der Waals surface area contributed by atoms with Crippen molar-refractivity contribution in [2.24, 2.45) is 5.92 Å². The summed E-state index contributed by atoms with van der Waals surface area (Å²) < 4.78 is 52.3. The number of sulfonamides is 1. The zero-order chi connectivity index (χ0) is 34.9. The lowest BCUT2D eigenvalue weighted by molar-refractivity contribution is -0.141. The van der Waals surface area contributed by atoms with Crippen molar-refractivity contribution in [3.63, 3.8) is 0 Å². The highest BCUT2D eigenvalue weighted by Gasteiger charge is 2.62. The molecule has 13 nitrogen and oxygen atoms in total. The van der Waals surface area contributed by atoms with Gasteiger partial charge in [-0.3, -0.25) is 19.1 Å². The number of hydrogen-bond acceptors (Lipinski definition) is 9. The highest BCUT2D eigenvalue weighted by Crippen LogP contribution is 2.46. The topological polar surface area (TPSA) is 177 Å². The lowest BCUT2D eigenvalue weighted by atomic mass is 10.0. The minimum atomic E-state index is -3.92. The van der Waals surface area contributed by atoms with Gasteiger partial charge in [-0.15, -0.1) is 0 Å². The number of nitrogens with zero attached hydrogens (tertiary/aromatic N) is 1. The average molecular weight is 691 g/mol. The van der Waals surface area contributed by atoms with E-state index in [4.69, 9.17) is 9.47 Å². The molecule has 0 spiro atoms. The SMILES string of the molecule is CC(C)(C)OC(=O)N[C@H]1CCCCC/C=C\[C@@H]2C[C@@]2(C(=O)NS(=O)(=O)C2CC2)NC(=O)[C@@H]2C[C@@H](OC(=O)c3cccc(F)c3)CN2C1=O. The number of nitrogens with one attached hydrogen (secondary N) is 3. The molecule has 3 N–H and O–H groups in total. The van der Waals surface area contributed by atoms with Crippen molar-refractivity contribution in [1.29, 1.82) is 0 Å². The number of esters is 1. The van der Waals surface area contributed by atoms with Crippen molar-refractivity contribution in [2.45, 2.75) is 113 Å². The Balaban J connectivity index is 1.43. The summed E-state index contributed by atoms with van der Waals surface area (Å²) in [6.07, 6.45) is 5.72. The quantitative estimate of drug-likeness (QED) is 0.299. The molecule has 2 aliphatic heterocycles. The number of rotatable bonds is 6. The normalized spacial score (nSPS) is 28.8. The van der Waals surface area contributed by atoms with E-state index in [9.17, 15) is 36.8 Å². The number of amides is 4. The minimum absolute atomic E-state index is 0.0557. The molecule has 4 aliphatic rings. The lowest BCUT2D eigenvalue weighted by Gasteiger charge is -2.30. The predicted molar refractivity (Wildman–Crippen MR) is 170 cm³/mol. The number of fused-ring (bicyclic) bond motifs is 2. The number of carbonyl (C=O) groups is 5. The van der Waals surface area contributed by atoms with Gasteiger partial charge in [0.15, 0.2) is 0 Å². The maximum absolute atomic E-state index is 14.1. The maximum atomic E-state index is 14.1. The Morgan fingerprint density at radius 2 is 1.83 bits per heavy atom. The van der Waals surface area contributed by atoms with Crippen molar-refractivity contribution in [1.82, 2.24) is 20.3 Å². The van der Waals surface area contributed by atoms with Gasteiger partial charge in [0.1, 0.15) is 35.1 Å². The van der Waals surface area contributed by atoms with Crippen LogP contribution in [0.4, 0.5) is 9.18 Å². The van der Waals surface area contributed by atoms with E-state index in [-0.39, 0.29) is 31.4 Å². The molecule has 15 heteroatoms. The summed E-state index contributed by atoms with van der Waals surface area (Å²) in [5.74, 6) is -4.18. The summed E-state index contributed by atoms with van der Waals surface area (Å²) >= 11 is 0. The van der Waals surface area contributed by atoms with E-state index >= 15 is 0 Å². The molecular formula is C33H43FN4O9S. The Hall–Kier alpha value is -4.01. The van der Waals surface area contributed by atoms with Crippen LogP contribution in [0.15, 0.2) is 36.4 Å². The van der Waals surface area contributed by atoms with E-state index < -0.39 is 86.1 Å². The van der Waals surface area contributed by atoms with Crippen LogP contribution < -0.4 is 15.4 Å². The first-order valence-electron chi connectivity index (χ1n) is 16.4. The van der Waals surface area contributed by atoms with Crippen LogP contribution in [0.25, 0.3) is 0 Å². The number of halogens is 1. The zero-order valence-corrected chi connectivity index (χ0v) is 28.1. The van der Waals surface area contributed by atoms with Crippen LogP contribution in [0.3, 0.4) is 0 Å². The third-order valence-electron chi connectivity index (χ3n) is 8.87. The summed E-state index contributed by atoms with van der Waals surface area (Å²) in [6.45, 7) is 4.83. The molecule has 0 aromatic heterocycles. The van der Waals surface area contributed by atoms with Crippen molar-refractivity contribution in [3.8, 4) is 0 Å². The summed E-state index contributed by atoms with van der Waals surface area (Å²) in [7, 11) is -3.92. The van der Waals surface area contributed by atoms with Crippen molar-refractivity contribution in [2.75, 3.05) is 6.54 Å². The second-order valence-corrected chi connectivity index (χ2v) is 16.0. The second-order valence-electron chi connectivity index (χ2n) is 14.0. The van der Waals surface area contributed by atoms with Crippen molar-refractivity contribution >= 4 is 39.8 Å². The number of carbonyl (C=O) groups excluding carboxylic acids is 5. The smallest absolute Gasteiger partial charge is 0.408 e. The molecule has 3 fully saturated rings. The first-order chi connectivity index (χ1) is 22.6. The first kappa shape index (κ1) is 35.3. The van der Waals surface area contributed by atoms with Crippen LogP contribution in [-0.2, 0) is 33.9 Å². The zero-order valence-electron chi connectivity index (χ0n) is 27.3. The van der Waals surface area contributed by atoms with Gasteiger partial charge < -0.3 is 25.0 Å². The molecule has 2 aliphatic carbocycles. The van der Waals surface area contributed by atoms with Crippen molar-refractivity contribution in [3.05, 3.63) is 47.8 Å². The molecule has 262 valence electrons. The number of hydrogen-bond donors (Lipinski definition) is 3. The fourth-order valence-electron chi connectivity index (χ4n) is 6.13. The van der Waals surface area contributed by atoms with Gasteiger partial charge in [-0.2, -0.15) is 0 Å². The molecule has 4 amide bonds. The van der Waals surface area contributed by atoms with Crippen LogP contribution in [0, 0.1) is 11.7 Å².